The Bertz CT molecular complexity index is 984. The largest absolute Gasteiger partial charge is 0.378 e. The normalized spacial score (nSPS) is 25.1. The van der Waals surface area contributed by atoms with Crippen LogP contribution >= 0.6 is 0 Å². The first-order valence-electron chi connectivity index (χ1n) is 13.4. The van der Waals surface area contributed by atoms with Gasteiger partial charge >= 0.3 is 0 Å². The number of nitrogens with zero attached hydrogens (tertiary/aromatic N) is 2. The second kappa shape index (κ2) is 11.1. The Morgan fingerprint density at radius 2 is 1.75 bits per heavy atom. The molecule has 196 valence electrons. The average molecular weight is 497 g/mol. The van der Waals surface area contributed by atoms with Crippen molar-refractivity contribution in [3.63, 3.8) is 0 Å². The molecule has 8 nitrogen and oxygen atoms in total. The number of rotatable bonds is 8. The lowest BCUT2D eigenvalue weighted by molar-refractivity contribution is -0.145. The fourth-order valence-electron chi connectivity index (χ4n) is 6.01. The molecule has 1 aromatic rings. The molecule has 2 saturated heterocycles. The summed E-state index contributed by atoms with van der Waals surface area (Å²) in [5.74, 6) is -0.538. The fourth-order valence-corrected chi connectivity index (χ4v) is 6.01. The van der Waals surface area contributed by atoms with Crippen LogP contribution in [-0.2, 0) is 14.4 Å². The number of amides is 2. The summed E-state index contributed by atoms with van der Waals surface area (Å²) in [4.78, 5) is 57.1. The molecule has 2 heterocycles. The SMILES string of the molecule is CC(C)C[C@H](NC(=O)c1ccc(N(C)C)cc1)C(=O)N1C(C(=O)C2CCCCC2)CC2NCC(=O)C21. The summed E-state index contributed by atoms with van der Waals surface area (Å²) in [6.07, 6.45) is 5.79. The van der Waals surface area contributed by atoms with Gasteiger partial charge in [-0.05, 0) is 55.9 Å². The van der Waals surface area contributed by atoms with Crippen molar-refractivity contribution in [1.29, 1.82) is 0 Å². The van der Waals surface area contributed by atoms with Gasteiger partial charge in [0.25, 0.3) is 5.91 Å². The first-order chi connectivity index (χ1) is 17.2. The fraction of sp³-hybridized carbons (Fsp3) is 0.643. The van der Waals surface area contributed by atoms with Crippen LogP contribution in [0.15, 0.2) is 24.3 Å². The van der Waals surface area contributed by atoms with Crippen LogP contribution in [0.3, 0.4) is 0 Å². The smallest absolute Gasteiger partial charge is 0.251 e. The molecule has 2 N–H and O–H groups in total. The van der Waals surface area contributed by atoms with Crippen molar-refractivity contribution in [3.8, 4) is 0 Å². The van der Waals surface area contributed by atoms with Crippen LogP contribution in [0.1, 0.15) is 69.2 Å². The number of ketones is 2. The molecule has 0 spiro atoms. The number of hydrogen-bond donors (Lipinski definition) is 2. The van der Waals surface area contributed by atoms with E-state index in [0.29, 0.717) is 18.4 Å². The Morgan fingerprint density at radius 3 is 2.36 bits per heavy atom. The molecule has 0 bridgehead atoms. The predicted octanol–water partition coefficient (Wildman–Crippen LogP) is 2.56. The standard InChI is InChI=1S/C28H40N4O4/c1-17(2)14-22(30-27(35)19-10-12-20(13-11-19)31(3)4)28(36)32-23(15-21-25(32)24(33)16-29-21)26(34)18-8-6-5-7-9-18/h10-13,17-18,21-23,25,29H,5-9,14-16H2,1-4H3,(H,30,35)/t21?,22-,23?,25?/m0/s1. The number of Topliss-reactive ketones (excluding diaryl/α,β-unsaturated/α-hetero) is 2. The molecule has 3 fully saturated rings. The number of carbonyl (C=O) groups is 4. The van der Waals surface area contributed by atoms with Crippen LogP contribution in [0.25, 0.3) is 0 Å². The van der Waals surface area contributed by atoms with Gasteiger partial charge in [0.2, 0.25) is 5.91 Å². The minimum absolute atomic E-state index is 0.0543. The van der Waals surface area contributed by atoms with E-state index in [1.54, 1.807) is 17.0 Å². The number of nitrogens with one attached hydrogen (secondary N) is 2. The summed E-state index contributed by atoms with van der Waals surface area (Å²) in [5, 5.41) is 6.15. The predicted molar refractivity (Wildman–Crippen MR) is 139 cm³/mol. The van der Waals surface area contributed by atoms with Gasteiger partial charge in [0.15, 0.2) is 11.6 Å². The zero-order valence-electron chi connectivity index (χ0n) is 22.0. The lowest BCUT2D eigenvalue weighted by Crippen LogP contribution is -2.57. The van der Waals surface area contributed by atoms with E-state index in [4.69, 9.17) is 0 Å². The maximum absolute atomic E-state index is 14.0. The van der Waals surface area contributed by atoms with Crippen molar-refractivity contribution in [2.75, 3.05) is 25.5 Å². The molecule has 1 aromatic carbocycles. The highest BCUT2D eigenvalue weighted by atomic mass is 16.2. The van der Waals surface area contributed by atoms with E-state index in [1.807, 2.05) is 45.0 Å². The molecule has 3 unspecified atom stereocenters. The molecule has 8 heteroatoms. The van der Waals surface area contributed by atoms with Crippen LogP contribution in [0, 0.1) is 11.8 Å². The Balaban J connectivity index is 1.58. The van der Waals surface area contributed by atoms with E-state index >= 15 is 0 Å². The molecule has 4 atom stereocenters. The lowest BCUT2D eigenvalue weighted by atomic mass is 9.83. The number of fused-ring (bicyclic) bond motifs is 1. The highest BCUT2D eigenvalue weighted by molar-refractivity contribution is 6.02. The summed E-state index contributed by atoms with van der Waals surface area (Å²) in [6.45, 7) is 4.21. The number of likely N-dealkylation sites (tertiary alicyclic amines) is 1. The Kier molecular flexibility index (Phi) is 8.13. The van der Waals surface area contributed by atoms with Crippen molar-refractivity contribution in [1.82, 2.24) is 15.5 Å². The lowest BCUT2D eigenvalue weighted by Gasteiger charge is -2.34. The number of benzene rings is 1. The van der Waals surface area contributed by atoms with Crippen molar-refractivity contribution in [2.45, 2.75) is 83.0 Å². The van der Waals surface area contributed by atoms with Gasteiger partial charge in [-0.3, -0.25) is 19.2 Å². The van der Waals surface area contributed by atoms with E-state index in [2.05, 4.69) is 10.6 Å². The topological polar surface area (TPSA) is 98.8 Å². The minimum atomic E-state index is -0.806. The third-order valence-electron chi connectivity index (χ3n) is 7.91. The van der Waals surface area contributed by atoms with Gasteiger partial charge in [0.1, 0.15) is 12.1 Å². The van der Waals surface area contributed by atoms with Gasteiger partial charge in [-0.25, -0.2) is 0 Å². The molecule has 0 radical (unpaired) electrons. The molecule has 2 aliphatic heterocycles. The van der Waals surface area contributed by atoms with E-state index in [0.717, 1.165) is 37.8 Å². The molecular weight excluding hydrogens is 456 g/mol. The van der Waals surface area contributed by atoms with Gasteiger partial charge < -0.3 is 20.4 Å². The molecule has 36 heavy (non-hydrogen) atoms. The summed E-state index contributed by atoms with van der Waals surface area (Å²) in [7, 11) is 3.86. The maximum Gasteiger partial charge on any atom is 0.251 e. The molecule has 4 rings (SSSR count). The Hall–Kier alpha value is -2.74. The number of anilines is 1. The number of hydrogen-bond acceptors (Lipinski definition) is 6. The van der Waals surface area contributed by atoms with Crippen molar-refractivity contribution >= 4 is 29.1 Å². The highest BCUT2D eigenvalue weighted by Gasteiger charge is 2.54. The zero-order chi connectivity index (χ0) is 26.0. The first-order valence-corrected chi connectivity index (χ1v) is 13.4. The van der Waals surface area contributed by atoms with Gasteiger partial charge in [0, 0.05) is 37.3 Å². The molecule has 2 amide bonds. The molecule has 0 aromatic heterocycles. The van der Waals surface area contributed by atoms with Gasteiger partial charge in [-0.1, -0.05) is 33.1 Å². The van der Waals surface area contributed by atoms with Gasteiger partial charge in [-0.15, -0.1) is 0 Å². The monoisotopic (exact) mass is 496 g/mol. The van der Waals surface area contributed by atoms with Crippen molar-refractivity contribution < 1.29 is 19.2 Å². The van der Waals surface area contributed by atoms with Crippen LogP contribution in [0.5, 0.6) is 0 Å². The quantitative estimate of drug-likeness (QED) is 0.574. The maximum atomic E-state index is 14.0. The summed E-state index contributed by atoms with van der Waals surface area (Å²) >= 11 is 0. The van der Waals surface area contributed by atoms with Crippen molar-refractivity contribution in [2.24, 2.45) is 11.8 Å². The van der Waals surface area contributed by atoms with Gasteiger partial charge in [-0.2, -0.15) is 0 Å². The summed E-state index contributed by atoms with van der Waals surface area (Å²) in [5.41, 5.74) is 1.44. The van der Waals surface area contributed by atoms with Crippen LogP contribution in [-0.4, -0.2) is 73.1 Å². The third-order valence-corrected chi connectivity index (χ3v) is 7.91. The van der Waals surface area contributed by atoms with E-state index in [9.17, 15) is 19.2 Å². The second-order valence-corrected chi connectivity index (χ2v) is 11.2. The average Bonchev–Trinajstić information content (AvgIpc) is 3.42. The van der Waals surface area contributed by atoms with E-state index in [-0.39, 0.29) is 47.8 Å². The van der Waals surface area contributed by atoms with E-state index < -0.39 is 18.1 Å². The first kappa shape index (κ1) is 26.3. The minimum Gasteiger partial charge on any atom is -0.378 e. The molecule has 1 aliphatic carbocycles. The third kappa shape index (κ3) is 5.48. The molecular formula is C28H40N4O4. The molecule has 1 saturated carbocycles. The van der Waals surface area contributed by atoms with Crippen LogP contribution in [0.4, 0.5) is 5.69 Å². The molecule has 3 aliphatic rings. The van der Waals surface area contributed by atoms with Crippen molar-refractivity contribution in [3.05, 3.63) is 29.8 Å². The summed E-state index contributed by atoms with van der Waals surface area (Å²) < 4.78 is 0. The van der Waals surface area contributed by atoms with Crippen LogP contribution in [0.2, 0.25) is 0 Å². The van der Waals surface area contributed by atoms with Gasteiger partial charge in [0.05, 0.1) is 12.6 Å². The van der Waals surface area contributed by atoms with E-state index in [1.165, 1.54) is 0 Å². The Labute approximate surface area is 214 Å². The zero-order valence-corrected chi connectivity index (χ0v) is 22.0. The van der Waals surface area contributed by atoms with Crippen LogP contribution < -0.4 is 15.5 Å². The number of carbonyl (C=O) groups excluding carboxylic acids is 4. The Morgan fingerprint density at radius 1 is 1.08 bits per heavy atom. The highest BCUT2D eigenvalue weighted by Crippen LogP contribution is 2.35. The second-order valence-electron chi connectivity index (χ2n) is 11.2. The summed E-state index contributed by atoms with van der Waals surface area (Å²) in [6, 6.07) is 4.95.